The predicted octanol–water partition coefficient (Wildman–Crippen LogP) is 2.98. The quantitative estimate of drug-likeness (QED) is 0.556. The lowest BCUT2D eigenvalue weighted by Crippen LogP contribution is -2.48. The van der Waals surface area contributed by atoms with Gasteiger partial charge in [0, 0.05) is 44.4 Å². The molecule has 30 heavy (non-hydrogen) atoms. The number of methoxy groups -OCH3 is 1. The van der Waals surface area contributed by atoms with Crippen LogP contribution < -0.4 is 10.1 Å². The van der Waals surface area contributed by atoms with E-state index in [1.807, 2.05) is 12.1 Å². The fourth-order valence-electron chi connectivity index (χ4n) is 3.73. The molecule has 160 valence electrons. The number of nitrogens with zero attached hydrogens (tertiary/aromatic N) is 3. The normalized spacial score (nSPS) is 15.0. The third kappa shape index (κ3) is 5.34. The molecule has 2 aromatic carbocycles. The number of anilines is 1. The highest BCUT2D eigenvalue weighted by Crippen LogP contribution is 2.27. The van der Waals surface area contributed by atoms with Gasteiger partial charge in [0.25, 0.3) is 5.69 Å². The van der Waals surface area contributed by atoms with Gasteiger partial charge in [-0.2, -0.15) is 0 Å². The molecule has 1 aliphatic rings. The van der Waals surface area contributed by atoms with Crippen LogP contribution in [0.1, 0.15) is 16.7 Å². The third-order valence-corrected chi connectivity index (χ3v) is 5.37. The van der Waals surface area contributed by atoms with Crippen LogP contribution in [0, 0.1) is 24.0 Å². The fourth-order valence-corrected chi connectivity index (χ4v) is 3.73. The zero-order valence-corrected chi connectivity index (χ0v) is 17.7. The molecule has 0 aliphatic carbocycles. The van der Waals surface area contributed by atoms with Gasteiger partial charge in [-0.25, -0.2) is 0 Å². The Bertz CT molecular complexity index is 923. The van der Waals surface area contributed by atoms with Crippen molar-refractivity contribution in [2.75, 3.05) is 45.2 Å². The Kier molecular flexibility index (Phi) is 7.02. The maximum absolute atomic E-state index is 12.5. The number of amides is 1. The number of hydrogen-bond acceptors (Lipinski definition) is 6. The largest absolute Gasteiger partial charge is 0.496 e. The summed E-state index contributed by atoms with van der Waals surface area (Å²) in [5.74, 6) is 0.656. The molecule has 0 radical (unpaired) electrons. The molecule has 1 amide bonds. The van der Waals surface area contributed by atoms with Crippen molar-refractivity contribution >= 4 is 17.3 Å². The number of rotatable bonds is 7. The molecule has 0 saturated carbocycles. The summed E-state index contributed by atoms with van der Waals surface area (Å²) in [7, 11) is 1.68. The summed E-state index contributed by atoms with van der Waals surface area (Å²) in [6.45, 7) is 8.05. The van der Waals surface area contributed by atoms with Crippen LogP contribution in [0.5, 0.6) is 5.75 Å². The van der Waals surface area contributed by atoms with E-state index in [2.05, 4.69) is 28.1 Å². The molecule has 0 atom stereocenters. The van der Waals surface area contributed by atoms with Gasteiger partial charge in [0.05, 0.1) is 18.6 Å². The van der Waals surface area contributed by atoms with E-state index in [0.717, 1.165) is 44.0 Å². The number of ether oxygens (including phenoxy) is 1. The first-order valence-electron chi connectivity index (χ1n) is 9.99. The molecule has 2 aromatic rings. The lowest BCUT2D eigenvalue weighted by molar-refractivity contribution is -0.384. The van der Waals surface area contributed by atoms with Crippen LogP contribution >= 0.6 is 0 Å². The Morgan fingerprint density at radius 1 is 1.13 bits per heavy atom. The molecule has 0 bridgehead atoms. The van der Waals surface area contributed by atoms with Gasteiger partial charge in [-0.15, -0.1) is 0 Å². The van der Waals surface area contributed by atoms with Crippen LogP contribution in [-0.4, -0.2) is 60.5 Å². The van der Waals surface area contributed by atoms with E-state index in [-0.39, 0.29) is 23.8 Å². The maximum Gasteiger partial charge on any atom is 0.293 e. The van der Waals surface area contributed by atoms with Crippen molar-refractivity contribution in [3.8, 4) is 5.75 Å². The standard InChI is InChI=1S/C22H28N4O4/c1-16-7-8-20(30-3)18(13-16)14-24-9-11-25(12-10-24)15-21(27)23-22-17(2)5-4-6-19(22)26(28)29/h4-8,13H,9-12,14-15H2,1-3H3,(H,23,27). The Morgan fingerprint density at radius 2 is 1.83 bits per heavy atom. The summed E-state index contributed by atoms with van der Waals surface area (Å²) in [6, 6.07) is 11.0. The molecule has 8 nitrogen and oxygen atoms in total. The number of nitro groups is 1. The Hall–Kier alpha value is -2.97. The average Bonchev–Trinajstić information content (AvgIpc) is 2.71. The van der Waals surface area contributed by atoms with E-state index in [1.54, 1.807) is 26.2 Å². The van der Waals surface area contributed by atoms with Crippen LogP contribution in [0.4, 0.5) is 11.4 Å². The van der Waals surface area contributed by atoms with Gasteiger partial charge < -0.3 is 10.1 Å². The number of nitrogens with one attached hydrogen (secondary N) is 1. The van der Waals surface area contributed by atoms with Crippen molar-refractivity contribution in [2.45, 2.75) is 20.4 Å². The van der Waals surface area contributed by atoms with Crippen LogP contribution in [0.2, 0.25) is 0 Å². The number of carbonyl (C=O) groups excluding carboxylic acids is 1. The summed E-state index contributed by atoms with van der Waals surface area (Å²) in [6.07, 6.45) is 0. The molecule has 0 unspecified atom stereocenters. The molecular formula is C22H28N4O4. The molecule has 1 fully saturated rings. The van der Waals surface area contributed by atoms with Crippen LogP contribution in [0.25, 0.3) is 0 Å². The molecule has 1 heterocycles. The summed E-state index contributed by atoms with van der Waals surface area (Å²) in [5, 5.41) is 14.0. The van der Waals surface area contributed by atoms with Gasteiger partial charge in [-0.3, -0.25) is 24.7 Å². The van der Waals surface area contributed by atoms with E-state index in [4.69, 9.17) is 4.74 Å². The topological polar surface area (TPSA) is 88.0 Å². The smallest absolute Gasteiger partial charge is 0.293 e. The molecule has 8 heteroatoms. The second kappa shape index (κ2) is 9.69. The number of benzene rings is 2. The Labute approximate surface area is 176 Å². The number of nitro benzene ring substituents is 1. The second-order valence-corrected chi connectivity index (χ2v) is 7.64. The zero-order chi connectivity index (χ0) is 21.7. The van der Waals surface area contributed by atoms with Crippen LogP contribution in [0.15, 0.2) is 36.4 Å². The molecule has 1 N–H and O–H groups in total. The van der Waals surface area contributed by atoms with Gasteiger partial charge in [-0.05, 0) is 25.5 Å². The van der Waals surface area contributed by atoms with Gasteiger partial charge >= 0.3 is 0 Å². The lowest BCUT2D eigenvalue weighted by Gasteiger charge is -2.34. The Morgan fingerprint density at radius 3 is 2.50 bits per heavy atom. The number of hydrogen-bond donors (Lipinski definition) is 1. The van der Waals surface area contributed by atoms with Crippen molar-refractivity contribution in [3.63, 3.8) is 0 Å². The minimum atomic E-state index is -0.471. The van der Waals surface area contributed by atoms with Crippen molar-refractivity contribution in [3.05, 3.63) is 63.2 Å². The SMILES string of the molecule is COc1ccc(C)cc1CN1CCN(CC(=O)Nc2c(C)cccc2[N+](=O)[O-])CC1. The molecule has 0 aromatic heterocycles. The van der Waals surface area contributed by atoms with Crippen molar-refractivity contribution in [1.29, 1.82) is 0 Å². The van der Waals surface area contributed by atoms with Gasteiger partial charge in [-0.1, -0.05) is 29.8 Å². The summed E-state index contributed by atoms with van der Waals surface area (Å²) in [5.41, 5.74) is 3.23. The van der Waals surface area contributed by atoms with Crippen LogP contribution in [0.3, 0.4) is 0 Å². The molecule has 0 spiro atoms. The van der Waals surface area contributed by atoms with E-state index in [9.17, 15) is 14.9 Å². The zero-order valence-electron chi connectivity index (χ0n) is 17.7. The van der Waals surface area contributed by atoms with Crippen molar-refractivity contribution in [2.24, 2.45) is 0 Å². The first-order valence-corrected chi connectivity index (χ1v) is 9.99. The number of carbonyl (C=O) groups is 1. The maximum atomic E-state index is 12.5. The van der Waals surface area contributed by atoms with Crippen molar-refractivity contribution < 1.29 is 14.5 Å². The first kappa shape index (κ1) is 21.7. The highest BCUT2D eigenvalue weighted by molar-refractivity contribution is 5.95. The predicted molar refractivity (Wildman–Crippen MR) is 116 cm³/mol. The monoisotopic (exact) mass is 412 g/mol. The number of aryl methyl sites for hydroxylation is 2. The molecule has 3 rings (SSSR count). The van der Waals surface area contributed by atoms with Crippen LogP contribution in [-0.2, 0) is 11.3 Å². The van der Waals surface area contributed by atoms with E-state index in [1.165, 1.54) is 11.6 Å². The average molecular weight is 412 g/mol. The Balaban J connectivity index is 1.54. The highest BCUT2D eigenvalue weighted by Gasteiger charge is 2.22. The van der Waals surface area contributed by atoms with E-state index >= 15 is 0 Å². The molecule has 1 aliphatic heterocycles. The molecule has 1 saturated heterocycles. The van der Waals surface area contributed by atoms with Gasteiger partial charge in [0.2, 0.25) is 5.91 Å². The summed E-state index contributed by atoms with van der Waals surface area (Å²) in [4.78, 5) is 27.7. The number of piperazine rings is 1. The highest BCUT2D eigenvalue weighted by atomic mass is 16.6. The van der Waals surface area contributed by atoms with Crippen molar-refractivity contribution in [1.82, 2.24) is 9.80 Å². The van der Waals surface area contributed by atoms with Gasteiger partial charge in [0.15, 0.2) is 0 Å². The second-order valence-electron chi connectivity index (χ2n) is 7.64. The van der Waals surface area contributed by atoms with E-state index in [0.29, 0.717) is 5.56 Å². The summed E-state index contributed by atoms with van der Waals surface area (Å²) < 4.78 is 5.47. The minimum absolute atomic E-state index is 0.0831. The lowest BCUT2D eigenvalue weighted by atomic mass is 10.1. The fraction of sp³-hybridized carbons (Fsp3) is 0.409. The third-order valence-electron chi connectivity index (χ3n) is 5.37. The van der Waals surface area contributed by atoms with E-state index < -0.39 is 4.92 Å². The first-order chi connectivity index (χ1) is 14.4. The number of para-hydroxylation sites is 1. The summed E-state index contributed by atoms with van der Waals surface area (Å²) >= 11 is 0. The van der Waals surface area contributed by atoms with Gasteiger partial charge in [0.1, 0.15) is 11.4 Å². The molecular weight excluding hydrogens is 384 g/mol. The minimum Gasteiger partial charge on any atom is -0.496 e.